The molecule has 1 aliphatic heterocycles. The Morgan fingerprint density at radius 3 is 2.30 bits per heavy atom. The van der Waals surface area contributed by atoms with Crippen molar-refractivity contribution in [2.45, 2.75) is 19.3 Å². The molecular weight excluding hydrogens is 276 g/mol. The highest BCUT2D eigenvalue weighted by Gasteiger charge is 2.31. The zero-order valence-corrected chi connectivity index (χ0v) is 11.8. The molecule has 1 amide bonds. The summed E-state index contributed by atoms with van der Waals surface area (Å²) in [6.45, 7) is 1.26. The van der Waals surface area contributed by atoms with Crippen LogP contribution in [-0.2, 0) is 4.79 Å². The first-order chi connectivity index (χ1) is 9.63. The van der Waals surface area contributed by atoms with E-state index >= 15 is 0 Å². The van der Waals surface area contributed by atoms with Crippen LogP contribution in [0.25, 0.3) is 0 Å². The van der Waals surface area contributed by atoms with Crippen LogP contribution >= 0.6 is 11.6 Å². The Kier molecular flexibility index (Phi) is 4.75. The molecule has 0 unspecified atom stereocenters. The van der Waals surface area contributed by atoms with E-state index in [9.17, 15) is 9.59 Å². The van der Waals surface area contributed by atoms with E-state index in [-0.39, 0.29) is 5.91 Å². The minimum Gasteiger partial charge on any atom is -0.341 e. The Hall–Kier alpha value is -1.86. The molecule has 0 radical (unpaired) electrons. The molecule has 2 rings (SSSR count). The van der Waals surface area contributed by atoms with Gasteiger partial charge in [-0.1, -0.05) is 11.6 Å². The van der Waals surface area contributed by atoms with E-state index in [1.807, 2.05) is 6.07 Å². The van der Waals surface area contributed by atoms with Gasteiger partial charge in [-0.25, -0.2) is 0 Å². The number of carbonyl (C=O) groups excluding carboxylic acids is 2. The van der Waals surface area contributed by atoms with Crippen molar-refractivity contribution < 1.29 is 9.59 Å². The average molecular weight is 291 g/mol. The quantitative estimate of drug-likeness (QED) is 0.635. The number of halogens is 1. The Balaban J connectivity index is 2.15. The number of nitrogens with zero attached hydrogens (tertiary/aromatic N) is 2. The third kappa shape index (κ3) is 3.17. The molecule has 1 aromatic carbocycles. The number of hydrogen-bond acceptors (Lipinski definition) is 3. The van der Waals surface area contributed by atoms with Gasteiger partial charge in [0.2, 0.25) is 5.91 Å². The standard InChI is InChI=1S/C15H15ClN2O2/c16-12-6-4-11(5-7-12)14(19)13(10-17)15(20)18-8-2-1-3-9-18/h4-7,13H,1-3,8-9H2/t13-/m0/s1. The molecule has 1 aliphatic rings. The van der Waals surface area contributed by atoms with Crippen LogP contribution in [0.15, 0.2) is 24.3 Å². The first-order valence-corrected chi connectivity index (χ1v) is 6.99. The summed E-state index contributed by atoms with van der Waals surface area (Å²) in [5.74, 6) is -2.10. The van der Waals surface area contributed by atoms with Crippen LogP contribution in [0, 0.1) is 17.2 Å². The van der Waals surface area contributed by atoms with Crippen LogP contribution < -0.4 is 0 Å². The molecule has 1 atom stereocenters. The first-order valence-electron chi connectivity index (χ1n) is 6.61. The lowest BCUT2D eigenvalue weighted by molar-refractivity contribution is -0.133. The molecule has 104 valence electrons. The summed E-state index contributed by atoms with van der Waals surface area (Å²) >= 11 is 5.76. The lowest BCUT2D eigenvalue weighted by atomic mass is 9.96. The maximum Gasteiger partial charge on any atom is 0.247 e. The molecular formula is C15H15ClN2O2. The largest absolute Gasteiger partial charge is 0.341 e. The van der Waals surface area contributed by atoms with Gasteiger partial charge in [-0.3, -0.25) is 9.59 Å². The molecule has 1 fully saturated rings. The molecule has 0 aliphatic carbocycles. The monoisotopic (exact) mass is 290 g/mol. The lowest BCUT2D eigenvalue weighted by Crippen LogP contribution is -2.41. The molecule has 1 aromatic rings. The van der Waals surface area contributed by atoms with Gasteiger partial charge in [0, 0.05) is 23.7 Å². The molecule has 0 N–H and O–H groups in total. The highest BCUT2D eigenvalue weighted by Crippen LogP contribution is 2.17. The van der Waals surface area contributed by atoms with E-state index in [0.717, 1.165) is 19.3 Å². The first kappa shape index (κ1) is 14.5. The summed E-state index contributed by atoms with van der Waals surface area (Å²) in [5, 5.41) is 9.68. The van der Waals surface area contributed by atoms with Crippen molar-refractivity contribution >= 4 is 23.3 Å². The Bertz CT molecular complexity index is 542. The number of likely N-dealkylation sites (tertiary alicyclic amines) is 1. The highest BCUT2D eigenvalue weighted by atomic mass is 35.5. The van der Waals surface area contributed by atoms with E-state index < -0.39 is 11.7 Å². The van der Waals surface area contributed by atoms with Gasteiger partial charge in [0.15, 0.2) is 11.7 Å². The predicted octanol–water partition coefficient (Wildman–Crippen LogP) is 2.67. The fourth-order valence-electron chi connectivity index (χ4n) is 2.30. The summed E-state index contributed by atoms with van der Waals surface area (Å²) < 4.78 is 0. The fraction of sp³-hybridized carbons (Fsp3) is 0.400. The van der Waals surface area contributed by atoms with Crippen LogP contribution in [0.2, 0.25) is 5.02 Å². The van der Waals surface area contributed by atoms with Crippen LogP contribution in [0.5, 0.6) is 0 Å². The van der Waals surface area contributed by atoms with E-state index in [1.54, 1.807) is 29.2 Å². The zero-order chi connectivity index (χ0) is 14.5. The van der Waals surface area contributed by atoms with Gasteiger partial charge >= 0.3 is 0 Å². The molecule has 0 spiro atoms. The van der Waals surface area contributed by atoms with E-state index in [4.69, 9.17) is 16.9 Å². The van der Waals surface area contributed by atoms with Crippen LogP contribution in [-0.4, -0.2) is 29.7 Å². The summed E-state index contributed by atoms with van der Waals surface area (Å²) in [6, 6.07) is 8.07. The summed E-state index contributed by atoms with van der Waals surface area (Å²) in [7, 11) is 0. The van der Waals surface area contributed by atoms with Crippen LogP contribution in [0.1, 0.15) is 29.6 Å². The highest BCUT2D eigenvalue weighted by molar-refractivity contribution is 6.30. The molecule has 0 bridgehead atoms. The second kappa shape index (κ2) is 6.53. The van der Waals surface area contributed by atoms with Gasteiger partial charge in [0.1, 0.15) is 0 Å². The minimum atomic E-state index is -1.26. The normalized spacial score (nSPS) is 16.3. The van der Waals surface area contributed by atoms with Crippen molar-refractivity contribution in [3.8, 4) is 6.07 Å². The Labute approximate surface area is 122 Å². The topological polar surface area (TPSA) is 61.2 Å². The Morgan fingerprint density at radius 1 is 1.15 bits per heavy atom. The third-order valence-electron chi connectivity index (χ3n) is 3.43. The molecule has 0 aromatic heterocycles. The molecule has 20 heavy (non-hydrogen) atoms. The van der Waals surface area contributed by atoms with E-state index in [0.29, 0.717) is 23.7 Å². The number of piperidine rings is 1. The number of hydrogen-bond donors (Lipinski definition) is 0. The summed E-state index contributed by atoms with van der Waals surface area (Å²) in [6.07, 6.45) is 2.95. The maximum atomic E-state index is 12.3. The number of benzene rings is 1. The molecule has 1 saturated heterocycles. The predicted molar refractivity (Wildman–Crippen MR) is 75.3 cm³/mol. The van der Waals surface area contributed by atoms with Crippen molar-refractivity contribution in [1.82, 2.24) is 4.90 Å². The van der Waals surface area contributed by atoms with Crippen molar-refractivity contribution in [1.29, 1.82) is 5.26 Å². The van der Waals surface area contributed by atoms with E-state index in [2.05, 4.69) is 0 Å². The smallest absolute Gasteiger partial charge is 0.247 e. The van der Waals surface area contributed by atoms with E-state index in [1.165, 1.54) is 0 Å². The number of ketones is 1. The number of Topliss-reactive ketones (excluding diaryl/α,β-unsaturated/α-hetero) is 1. The number of rotatable bonds is 3. The van der Waals surface area contributed by atoms with Crippen LogP contribution in [0.3, 0.4) is 0 Å². The molecule has 4 nitrogen and oxygen atoms in total. The zero-order valence-electron chi connectivity index (χ0n) is 11.0. The van der Waals surface area contributed by atoms with Gasteiger partial charge in [-0.15, -0.1) is 0 Å². The maximum absolute atomic E-state index is 12.3. The molecule has 1 heterocycles. The summed E-state index contributed by atoms with van der Waals surface area (Å²) in [4.78, 5) is 26.1. The van der Waals surface area contributed by atoms with Crippen molar-refractivity contribution in [3.05, 3.63) is 34.9 Å². The number of carbonyl (C=O) groups is 2. The van der Waals surface area contributed by atoms with Crippen LogP contribution in [0.4, 0.5) is 0 Å². The van der Waals surface area contributed by atoms with Gasteiger partial charge in [-0.05, 0) is 43.5 Å². The minimum absolute atomic E-state index is 0.339. The van der Waals surface area contributed by atoms with Gasteiger partial charge in [0.25, 0.3) is 0 Å². The van der Waals surface area contributed by atoms with Gasteiger partial charge in [-0.2, -0.15) is 5.26 Å². The van der Waals surface area contributed by atoms with Crippen molar-refractivity contribution in [3.63, 3.8) is 0 Å². The second-order valence-electron chi connectivity index (χ2n) is 4.82. The second-order valence-corrected chi connectivity index (χ2v) is 5.26. The SMILES string of the molecule is N#C[C@@H](C(=O)c1ccc(Cl)cc1)C(=O)N1CCCCC1. The summed E-state index contributed by atoms with van der Waals surface area (Å²) in [5.41, 5.74) is 0.339. The Morgan fingerprint density at radius 2 is 1.75 bits per heavy atom. The fourth-order valence-corrected chi connectivity index (χ4v) is 2.43. The number of amides is 1. The average Bonchev–Trinajstić information content (AvgIpc) is 2.49. The van der Waals surface area contributed by atoms with Crippen molar-refractivity contribution in [2.75, 3.05) is 13.1 Å². The lowest BCUT2D eigenvalue weighted by Gasteiger charge is -2.28. The molecule has 0 saturated carbocycles. The number of nitriles is 1. The van der Waals surface area contributed by atoms with Gasteiger partial charge < -0.3 is 4.90 Å². The molecule has 5 heteroatoms. The van der Waals surface area contributed by atoms with Crippen molar-refractivity contribution in [2.24, 2.45) is 5.92 Å². The van der Waals surface area contributed by atoms with Gasteiger partial charge in [0.05, 0.1) is 6.07 Å². The third-order valence-corrected chi connectivity index (χ3v) is 3.69.